The number of carbonyl (C=O) groups is 1. The lowest BCUT2D eigenvalue weighted by atomic mass is 9.70. The minimum absolute atomic E-state index is 0.0989. The molecule has 1 heterocycles. The fourth-order valence-electron chi connectivity index (χ4n) is 3.69. The van der Waals surface area contributed by atoms with Crippen LogP contribution in [0.5, 0.6) is 0 Å². The lowest BCUT2D eigenvalue weighted by Gasteiger charge is -2.42. The first-order valence-corrected chi connectivity index (χ1v) is 11.3. The average molecular weight is 472 g/mol. The quantitative estimate of drug-likeness (QED) is 0.260. The van der Waals surface area contributed by atoms with Crippen molar-refractivity contribution in [1.29, 1.82) is 5.26 Å². The second kappa shape index (κ2) is 10.1. The minimum atomic E-state index is -0.718. The Labute approximate surface area is 195 Å². The zero-order valence-corrected chi connectivity index (χ0v) is 19.2. The molecule has 166 valence electrons. The van der Waals surface area contributed by atoms with E-state index in [1.165, 1.54) is 12.1 Å². The van der Waals surface area contributed by atoms with Crippen LogP contribution in [0.1, 0.15) is 25.3 Å². The number of nitro groups is 1. The molecule has 9 heteroatoms. The van der Waals surface area contributed by atoms with Crippen LogP contribution in [0.25, 0.3) is 0 Å². The number of carbonyl (C=O) groups excluding carboxylic acids is 1. The van der Waals surface area contributed by atoms with E-state index in [1.54, 1.807) is 49.2 Å². The van der Waals surface area contributed by atoms with E-state index in [9.17, 15) is 20.2 Å². The lowest BCUT2D eigenvalue weighted by molar-refractivity contribution is -0.384. The summed E-state index contributed by atoms with van der Waals surface area (Å²) in [7, 11) is 0. The Morgan fingerprint density at radius 2 is 2.06 bits per heavy atom. The van der Waals surface area contributed by atoms with Crippen molar-refractivity contribution in [3.05, 3.63) is 81.0 Å². The highest BCUT2D eigenvalue weighted by molar-refractivity contribution is 7.99. The Morgan fingerprint density at radius 3 is 2.69 bits per heavy atom. The van der Waals surface area contributed by atoms with E-state index in [4.69, 9.17) is 16.3 Å². The maximum absolute atomic E-state index is 12.7. The summed E-state index contributed by atoms with van der Waals surface area (Å²) in [6.07, 6.45) is 1.58. The van der Waals surface area contributed by atoms with Gasteiger partial charge >= 0.3 is 5.97 Å². The number of benzene rings is 2. The van der Waals surface area contributed by atoms with Crippen molar-refractivity contribution in [1.82, 2.24) is 5.32 Å². The van der Waals surface area contributed by atoms with E-state index < -0.39 is 28.3 Å². The van der Waals surface area contributed by atoms with Crippen LogP contribution in [0.2, 0.25) is 5.02 Å². The molecule has 3 rings (SSSR count). The Balaban J connectivity index is 2.00. The predicted octanol–water partition coefficient (Wildman–Crippen LogP) is 5.07. The molecule has 3 unspecified atom stereocenters. The van der Waals surface area contributed by atoms with E-state index in [0.29, 0.717) is 16.3 Å². The van der Waals surface area contributed by atoms with Gasteiger partial charge in [-0.3, -0.25) is 10.1 Å². The molecule has 2 aromatic rings. The summed E-state index contributed by atoms with van der Waals surface area (Å²) in [6, 6.07) is 15.8. The summed E-state index contributed by atoms with van der Waals surface area (Å²) in [5, 5.41) is 25.4. The molecule has 0 fully saturated rings. The van der Waals surface area contributed by atoms with Crippen LogP contribution in [-0.4, -0.2) is 28.8 Å². The third-order valence-electron chi connectivity index (χ3n) is 5.35. The number of nitriles is 1. The first-order valence-electron chi connectivity index (χ1n) is 9.96. The van der Waals surface area contributed by atoms with E-state index in [2.05, 4.69) is 11.4 Å². The van der Waals surface area contributed by atoms with E-state index in [-0.39, 0.29) is 17.9 Å². The van der Waals surface area contributed by atoms with Crippen LogP contribution in [0, 0.1) is 27.4 Å². The molecule has 0 aliphatic carbocycles. The van der Waals surface area contributed by atoms with Crippen LogP contribution >= 0.6 is 23.4 Å². The average Bonchev–Trinajstić information content (AvgIpc) is 2.78. The largest absolute Gasteiger partial charge is 0.463 e. The number of nitrogens with zero attached hydrogens (tertiary/aromatic N) is 2. The van der Waals surface area contributed by atoms with Gasteiger partial charge in [0.2, 0.25) is 0 Å². The summed E-state index contributed by atoms with van der Waals surface area (Å²) >= 11 is 7.52. The minimum Gasteiger partial charge on any atom is -0.463 e. The highest BCUT2D eigenvalue weighted by Crippen LogP contribution is 2.44. The van der Waals surface area contributed by atoms with Crippen molar-refractivity contribution in [2.24, 2.45) is 5.92 Å². The van der Waals surface area contributed by atoms with Gasteiger partial charge in [-0.05, 0) is 43.7 Å². The number of rotatable bonds is 7. The molecule has 1 N–H and O–H groups in total. The fourth-order valence-corrected chi connectivity index (χ4v) is 4.87. The summed E-state index contributed by atoms with van der Waals surface area (Å²) in [5.41, 5.74) is -0.0232. The van der Waals surface area contributed by atoms with Crippen molar-refractivity contribution in [2.45, 2.75) is 30.2 Å². The van der Waals surface area contributed by atoms with Gasteiger partial charge in [-0.25, -0.2) is 4.79 Å². The molecule has 0 bridgehead atoms. The first kappa shape index (κ1) is 23.6. The molecule has 0 radical (unpaired) electrons. The molecule has 0 amide bonds. The second-order valence-electron chi connectivity index (χ2n) is 7.56. The standard InChI is InChI=1S/C23H22ClN3O4S/c1-3-31-22(28)19-13-26-23(2,14-32-18-9-7-16(24)8-10-18)20(12-25)21(19)15-5-4-6-17(11-15)27(29)30/h4-11,13,20-21,26H,3,14H2,1-2H3. The predicted molar refractivity (Wildman–Crippen MR) is 123 cm³/mol. The first-order chi connectivity index (χ1) is 15.3. The highest BCUT2D eigenvalue weighted by Gasteiger charge is 2.46. The molecule has 0 spiro atoms. The SMILES string of the molecule is CCOC(=O)C1=CNC(C)(CSc2ccc(Cl)cc2)C(C#N)C1c1cccc([N+](=O)[O-])c1. The van der Waals surface area contributed by atoms with Crippen molar-refractivity contribution >= 4 is 35.0 Å². The summed E-state index contributed by atoms with van der Waals surface area (Å²) in [4.78, 5) is 24.5. The van der Waals surface area contributed by atoms with Gasteiger partial charge in [0.25, 0.3) is 5.69 Å². The number of hydrogen-bond donors (Lipinski definition) is 1. The molecule has 1 aliphatic rings. The van der Waals surface area contributed by atoms with Crippen LogP contribution in [-0.2, 0) is 9.53 Å². The fraction of sp³-hybridized carbons (Fsp3) is 0.304. The highest BCUT2D eigenvalue weighted by atomic mass is 35.5. The Kier molecular flexibility index (Phi) is 7.44. The molecule has 0 aromatic heterocycles. The van der Waals surface area contributed by atoms with Crippen molar-refractivity contribution in [3.63, 3.8) is 0 Å². The van der Waals surface area contributed by atoms with Gasteiger partial charge in [-0.1, -0.05) is 23.7 Å². The number of thioether (sulfide) groups is 1. The van der Waals surface area contributed by atoms with Crippen molar-refractivity contribution in [2.75, 3.05) is 12.4 Å². The Hall–Kier alpha value is -3.02. The van der Waals surface area contributed by atoms with Crippen LogP contribution in [0.3, 0.4) is 0 Å². The molecule has 7 nitrogen and oxygen atoms in total. The van der Waals surface area contributed by atoms with Gasteiger partial charge in [0.05, 0.1) is 34.6 Å². The summed E-state index contributed by atoms with van der Waals surface area (Å²) in [6.45, 7) is 3.79. The topological polar surface area (TPSA) is 105 Å². The molecule has 0 saturated carbocycles. The smallest absolute Gasteiger partial charge is 0.336 e. The molecule has 32 heavy (non-hydrogen) atoms. The lowest BCUT2D eigenvalue weighted by Crippen LogP contribution is -2.54. The van der Waals surface area contributed by atoms with Gasteiger partial charge in [-0.15, -0.1) is 11.8 Å². The Bertz CT molecular complexity index is 1080. The number of nitrogens with one attached hydrogen (secondary N) is 1. The van der Waals surface area contributed by atoms with Crippen LogP contribution in [0.15, 0.2) is 65.2 Å². The maximum atomic E-state index is 12.7. The van der Waals surface area contributed by atoms with Crippen LogP contribution < -0.4 is 5.32 Å². The van der Waals surface area contributed by atoms with E-state index in [1.807, 2.05) is 19.1 Å². The van der Waals surface area contributed by atoms with E-state index in [0.717, 1.165) is 4.90 Å². The number of esters is 1. The number of hydrogen-bond acceptors (Lipinski definition) is 7. The monoisotopic (exact) mass is 471 g/mol. The molecule has 0 saturated heterocycles. The van der Waals surface area contributed by atoms with Gasteiger partial charge in [0.15, 0.2) is 0 Å². The van der Waals surface area contributed by atoms with Gasteiger partial charge < -0.3 is 10.1 Å². The second-order valence-corrected chi connectivity index (χ2v) is 9.05. The molecule has 2 aromatic carbocycles. The van der Waals surface area contributed by atoms with Gasteiger partial charge in [0, 0.05) is 39.9 Å². The zero-order valence-electron chi connectivity index (χ0n) is 17.6. The number of non-ortho nitro benzene ring substituents is 1. The molecule has 1 aliphatic heterocycles. The van der Waals surface area contributed by atoms with Gasteiger partial charge in [0.1, 0.15) is 0 Å². The molecule has 3 atom stereocenters. The summed E-state index contributed by atoms with van der Waals surface area (Å²) < 4.78 is 5.20. The molecular formula is C23H22ClN3O4S. The van der Waals surface area contributed by atoms with Gasteiger partial charge in [-0.2, -0.15) is 5.26 Å². The summed E-state index contributed by atoms with van der Waals surface area (Å²) in [5.74, 6) is -1.40. The van der Waals surface area contributed by atoms with Crippen molar-refractivity contribution in [3.8, 4) is 6.07 Å². The number of ether oxygens (including phenoxy) is 1. The maximum Gasteiger partial charge on any atom is 0.336 e. The third-order valence-corrected chi connectivity index (χ3v) is 6.96. The molecular weight excluding hydrogens is 450 g/mol. The normalized spacial score (nSPS) is 22.2. The zero-order chi connectivity index (χ0) is 23.3. The van der Waals surface area contributed by atoms with E-state index >= 15 is 0 Å². The number of halogens is 1. The van der Waals surface area contributed by atoms with Crippen molar-refractivity contribution < 1.29 is 14.5 Å². The Morgan fingerprint density at radius 1 is 1.34 bits per heavy atom. The number of nitro benzene ring substituents is 1. The van der Waals surface area contributed by atoms with Crippen LogP contribution in [0.4, 0.5) is 5.69 Å². The third kappa shape index (κ3) is 5.06.